The summed E-state index contributed by atoms with van der Waals surface area (Å²) in [7, 11) is 0. The third-order valence-corrected chi connectivity index (χ3v) is 16.0. The van der Waals surface area contributed by atoms with Crippen LogP contribution >= 0.6 is 0 Å². The number of aliphatic hydroxyl groups excluding tert-OH is 3. The van der Waals surface area contributed by atoms with E-state index in [1.165, 1.54) is 6.92 Å². The number of Topliss-reactive ketones (excluding diaryl/α,β-unsaturated/α-hetero) is 3. The van der Waals surface area contributed by atoms with Gasteiger partial charge in [0.1, 0.15) is 48.4 Å². The van der Waals surface area contributed by atoms with E-state index in [0.29, 0.717) is 71.3 Å². The Morgan fingerprint density at radius 1 is 0.843 bits per heavy atom. The highest BCUT2D eigenvalue weighted by molar-refractivity contribution is 7.78. The Morgan fingerprint density at radius 2 is 1.52 bits per heavy atom. The highest BCUT2D eigenvalue weighted by Crippen LogP contribution is 2.32. The lowest BCUT2D eigenvalue weighted by Crippen LogP contribution is -2.56. The van der Waals surface area contributed by atoms with Crippen molar-refractivity contribution >= 4 is 87.3 Å². The molecule has 1 aromatic carbocycles. The molecule has 1 fully saturated rings. The molecule has 4 heterocycles. The van der Waals surface area contributed by atoms with Gasteiger partial charge in [-0.3, -0.25) is 47.9 Å². The van der Waals surface area contributed by atoms with Crippen LogP contribution in [-0.2, 0) is 80.4 Å². The van der Waals surface area contributed by atoms with E-state index in [4.69, 9.17) is 19.9 Å². The van der Waals surface area contributed by atoms with Gasteiger partial charge in [0.05, 0.1) is 56.0 Å². The van der Waals surface area contributed by atoms with E-state index in [1.54, 1.807) is 52.8 Å². The number of esters is 1. The van der Waals surface area contributed by atoms with E-state index in [-0.39, 0.29) is 43.1 Å². The van der Waals surface area contributed by atoms with Crippen molar-refractivity contribution in [2.75, 3.05) is 51.8 Å². The third kappa shape index (κ3) is 20.9. The van der Waals surface area contributed by atoms with Crippen LogP contribution in [0.5, 0.6) is 5.75 Å². The summed E-state index contributed by atoms with van der Waals surface area (Å²) in [5, 5.41) is 45.9. The van der Waals surface area contributed by atoms with Crippen LogP contribution in [-0.4, -0.2) is 189 Å². The maximum atomic E-state index is 14.8. The Labute approximate surface area is 486 Å². The second-order valence-electron chi connectivity index (χ2n) is 22.6. The van der Waals surface area contributed by atoms with E-state index in [2.05, 4.69) is 31.6 Å². The Kier molecular flexibility index (Phi) is 27.0. The van der Waals surface area contributed by atoms with Gasteiger partial charge >= 0.3 is 5.97 Å². The maximum absolute atomic E-state index is 14.8. The quantitative estimate of drug-likeness (QED) is 0.0332. The molecular formula is C56H84N8O18S. The molecule has 27 heteroatoms. The average Bonchev–Trinajstić information content (AvgIpc) is 3.76. The summed E-state index contributed by atoms with van der Waals surface area (Å²) in [5.41, 5.74) is 5.98. The molecule has 0 unspecified atom stereocenters. The molecule has 0 aliphatic carbocycles. The van der Waals surface area contributed by atoms with Gasteiger partial charge in [0.15, 0.2) is 17.3 Å². The van der Waals surface area contributed by atoms with Crippen LogP contribution in [0.15, 0.2) is 23.2 Å². The first kappa shape index (κ1) is 69.0. The van der Waals surface area contributed by atoms with Gasteiger partial charge in [-0.1, -0.05) is 46.5 Å². The molecule has 2 aromatic rings. The maximum Gasteiger partial charge on any atom is 0.332 e. The van der Waals surface area contributed by atoms with Crippen molar-refractivity contribution in [3.05, 3.63) is 23.8 Å². The Hall–Kier alpha value is -6.52. The molecule has 10 atom stereocenters. The molecule has 0 spiro atoms. The number of rotatable bonds is 20. The van der Waals surface area contributed by atoms with Crippen molar-refractivity contribution in [1.82, 2.24) is 36.5 Å². The van der Waals surface area contributed by atoms with Crippen LogP contribution < -0.4 is 37.1 Å². The van der Waals surface area contributed by atoms with Gasteiger partial charge in [0.25, 0.3) is 0 Å². The molecule has 462 valence electrons. The van der Waals surface area contributed by atoms with Crippen LogP contribution in [0.25, 0.3) is 10.9 Å². The van der Waals surface area contributed by atoms with E-state index < -0.39 is 170 Å². The molecule has 7 amide bonds. The number of aromatic amines is 1. The van der Waals surface area contributed by atoms with Gasteiger partial charge in [-0.2, -0.15) is 0 Å². The highest BCUT2D eigenvalue weighted by atomic mass is 32.2. The number of hydrogen-bond acceptors (Lipinski definition) is 18. The molecule has 83 heavy (non-hydrogen) atoms. The lowest BCUT2D eigenvalue weighted by atomic mass is 9.85. The predicted molar refractivity (Wildman–Crippen MR) is 300 cm³/mol. The first-order chi connectivity index (χ1) is 38.8. The SMILES string of the molecule is CC[C@H](C)[C@@H]1NC(=O)CNC(=O)[C@@H]2CC(=O)[C@H]([C@@H](C)[C@@H](O)CO)NC(=O)[C@@H]3C[C@@H](O)CN3C(=O)[C@H](CC(N)=O)CC(=O)[C@H](C[SH+]c3[nH]c4cc(OCCCCCCCC(=O)COCC(=O)OC(C)(C)C)ccc4c3C2)NC(=O)CNC1=O.[OH-]. The molecule has 1 saturated heterocycles. The first-order valence-electron chi connectivity index (χ1n) is 28.1. The van der Waals surface area contributed by atoms with Crippen LogP contribution in [0.4, 0.5) is 0 Å². The van der Waals surface area contributed by atoms with Gasteiger partial charge in [-0.25, -0.2) is 4.79 Å². The number of ether oxygens (including phenoxy) is 3. The number of ketones is 3. The summed E-state index contributed by atoms with van der Waals surface area (Å²) in [4.78, 5) is 155. The van der Waals surface area contributed by atoms with E-state index in [1.807, 2.05) is 0 Å². The van der Waals surface area contributed by atoms with Gasteiger partial charge in [-0.05, 0) is 58.1 Å². The third-order valence-electron chi connectivity index (χ3n) is 14.8. The fourth-order valence-corrected chi connectivity index (χ4v) is 11.4. The summed E-state index contributed by atoms with van der Waals surface area (Å²) in [6, 6.07) is -0.456. The molecule has 2 bridgehead atoms. The topological polar surface area (TPSA) is 411 Å². The molecular weight excluding hydrogens is 1100 g/mol. The minimum absolute atomic E-state index is 0. The Bertz CT molecular complexity index is 2640. The average molecular weight is 1190 g/mol. The van der Waals surface area contributed by atoms with Crippen molar-refractivity contribution in [1.29, 1.82) is 0 Å². The zero-order valence-electron chi connectivity index (χ0n) is 48.1. The first-order valence-corrected chi connectivity index (χ1v) is 29.2. The van der Waals surface area contributed by atoms with Crippen LogP contribution in [0.1, 0.15) is 118 Å². The molecule has 12 N–H and O–H groups in total. The number of amides is 7. The molecule has 0 saturated carbocycles. The Balaban J connectivity index is 0.0000148. The molecule has 3 aliphatic heterocycles. The van der Waals surface area contributed by atoms with Crippen molar-refractivity contribution in [3.63, 3.8) is 0 Å². The zero-order valence-corrected chi connectivity index (χ0v) is 49.0. The normalized spacial score (nSPS) is 23.9. The number of aliphatic hydroxyl groups is 3. The van der Waals surface area contributed by atoms with Gasteiger partial charge in [-0.15, -0.1) is 0 Å². The van der Waals surface area contributed by atoms with Crippen LogP contribution in [0, 0.1) is 23.7 Å². The van der Waals surface area contributed by atoms with Gasteiger partial charge in [0, 0.05) is 79.3 Å². The van der Waals surface area contributed by atoms with Crippen molar-refractivity contribution < 1.29 is 87.7 Å². The lowest BCUT2D eigenvalue weighted by molar-refractivity contribution is -0.160. The number of aromatic nitrogens is 1. The number of fused-ring (bicyclic) bond motifs is 5. The second kappa shape index (κ2) is 32.5. The molecule has 1 aromatic heterocycles. The molecule has 0 radical (unpaired) electrons. The lowest BCUT2D eigenvalue weighted by Gasteiger charge is -2.32. The number of thiol groups is 1. The van der Waals surface area contributed by atoms with Crippen molar-refractivity contribution in [3.8, 4) is 5.75 Å². The largest absolute Gasteiger partial charge is 0.870 e. The van der Waals surface area contributed by atoms with Crippen molar-refractivity contribution in [2.24, 2.45) is 29.4 Å². The van der Waals surface area contributed by atoms with E-state index in [0.717, 1.165) is 24.2 Å². The summed E-state index contributed by atoms with van der Waals surface area (Å²) in [5.74, 6) is -12.3. The molecule has 26 nitrogen and oxygen atoms in total. The summed E-state index contributed by atoms with van der Waals surface area (Å²) < 4.78 is 16.6. The smallest absolute Gasteiger partial charge is 0.332 e. The fourth-order valence-electron chi connectivity index (χ4n) is 10.1. The second-order valence-corrected chi connectivity index (χ2v) is 23.7. The number of hydrogen-bond donors (Lipinski definition) is 10. The monoisotopic (exact) mass is 1190 g/mol. The number of H-pyrrole nitrogens is 1. The molecule has 3 aliphatic rings. The van der Waals surface area contributed by atoms with E-state index in [9.17, 15) is 68.1 Å². The minimum Gasteiger partial charge on any atom is -0.870 e. The number of nitrogens with two attached hydrogens (primary N) is 1. The number of nitrogens with one attached hydrogen (secondary N) is 6. The molecule has 5 rings (SSSR count). The number of carbonyl (C=O) groups excluding carboxylic acids is 11. The number of carbonyl (C=O) groups is 11. The number of nitrogens with zero attached hydrogens (tertiary/aromatic N) is 1. The summed E-state index contributed by atoms with van der Waals surface area (Å²) in [6.07, 6.45) is -0.918. The summed E-state index contributed by atoms with van der Waals surface area (Å²) in [6.45, 7) is 7.40. The highest BCUT2D eigenvalue weighted by Gasteiger charge is 2.45. The van der Waals surface area contributed by atoms with E-state index >= 15 is 0 Å². The summed E-state index contributed by atoms with van der Waals surface area (Å²) >= 11 is 0.342. The standard InChI is InChI=1S/C56H82N8O17S.H2O/c1-7-30(2)49-53(77)59-23-46(72)60-40-29-82-54-38(37-15-14-36(22-39(37)61-54)80-16-12-10-8-9-11-13-34(66)27-79-28-48(74)81-56(4,5)6)17-32(51(75)58-24-47(73)62-49)18-43(69)50(31(3)44(70)26-65)63-52(76)41-21-35(67)25-64(41)55(78)33(19-42(40)68)20-45(57)71;/h14-15,22,30-33,35,40-41,44,49-50,61,65,67,70H,7-13,16-21,23-29H2,1-6H3,(H2,57,71)(H,58,75)(H,59,77)(H,60,72)(H,62,73)(H,63,76);1H2/t30-,31-,32-,33-,35+,40-,41-,44-,49-,50-;/m0./s1. The van der Waals surface area contributed by atoms with Crippen LogP contribution in [0.3, 0.4) is 0 Å². The zero-order chi connectivity index (χ0) is 60.4. The number of unbranched alkanes of at least 4 members (excludes halogenated alkanes) is 4. The Morgan fingerprint density at radius 3 is 2.19 bits per heavy atom. The van der Waals surface area contributed by atoms with Gasteiger partial charge in [0.2, 0.25) is 46.4 Å². The van der Waals surface area contributed by atoms with Crippen molar-refractivity contribution in [2.45, 2.75) is 166 Å². The predicted octanol–water partition coefficient (Wildman–Crippen LogP) is -0.908. The van der Waals surface area contributed by atoms with Gasteiger partial charge < -0.3 is 77.2 Å². The number of benzene rings is 1. The van der Waals surface area contributed by atoms with Crippen LogP contribution in [0.2, 0.25) is 0 Å². The minimum atomic E-state index is -1.61. The fraction of sp³-hybridized carbons (Fsp3) is 0.661. The number of primary amides is 1.